The zero-order valence-corrected chi connectivity index (χ0v) is 15.3. The second kappa shape index (κ2) is 9.39. The molecule has 1 saturated heterocycles. The molecular weight excluding hydrogens is 336 g/mol. The monoisotopic (exact) mass is 360 g/mol. The molecule has 1 amide bonds. The summed E-state index contributed by atoms with van der Waals surface area (Å²) in [5.74, 6) is 0.445. The van der Waals surface area contributed by atoms with E-state index in [-0.39, 0.29) is 24.2 Å². The third kappa shape index (κ3) is 4.94. The fourth-order valence-electron chi connectivity index (χ4n) is 3.04. The summed E-state index contributed by atoms with van der Waals surface area (Å²) in [6.45, 7) is 5.98. The molecule has 2 N–H and O–H groups in total. The fraction of sp³-hybridized carbons (Fsp3) is 0.368. The van der Waals surface area contributed by atoms with Gasteiger partial charge in [0, 0.05) is 26.2 Å². The highest BCUT2D eigenvalue weighted by Crippen LogP contribution is 2.22. The molecule has 3 rings (SSSR count). The van der Waals surface area contributed by atoms with Gasteiger partial charge in [0.1, 0.15) is 5.82 Å². The minimum atomic E-state index is -0.152. The molecule has 0 radical (unpaired) electrons. The summed E-state index contributed by atoms with van der Waals surface area (Å²) in [5.41, 5.74) is 2.14. The van der Waals surface area contributed by atoms with Crippen LogP contribution in [0.5, 0.6) is 0 Å². The van der Waals surface area contributed by atoms with Gasteiger partial charge in [0.05, 0.1) is 17.8 Å². The average molecular weight is 361 g/mol. The normalized spacial score (nSPS) is 15.2. The smallest absolute Gasteiger partial charge is 0.233 e. The SMILES string of the molecule is CCC(C(=O)Nc1ccc(N2CCNCC2)cn1)c1ccccc1.Cl. The van der Waals surface area contributed by atoms with Crippen molar-refractivity contribution in [1.82, 2.24) is 10.3 Å². The van der Waals surface area contributed by atoms with Gasteiger partial charge < -0.3 is 15.5 Å². The number of benzene rings is 1. The number of nitrogens with one attached hydrogen (secondary N) is 2. The molecule has 1 fully saturated rings. The second-order valence-electron chi connectivity index (χ2n) is 6.00. The molecule has 0 bridgehead atoms. The number of aromatic nitrogens is 1. The number of amides is 1. The van der Waals surface area contributed by atoms with Crippen LogP contribution in [-0.4, -0.2) is 37.1 Å². The Hall–Kier alpha value is -2.11. The first-order chi connectivity index (χ1) is 11.8. The van der Waals surface area contributed by atoms with Crippen molar-refractivity contribution in [2.75, 3.05) is 36.4 Å². The lowest BCUT2D eigenvalue weighted by Crippen LogP contribution is -2.43. The molecule has 1 unspecified atom stereocenters. The number of carbonyl (C=O) groups excluding carboxylic acids is 1. The molecule has 1 aliphatic rings. The first-order valence-electron chi connectivity index (χ1n) is 8.55. The molecule has 1 aromatic heterocycles. The van der Waals surface area contributed by atoms with Crippen LogP contribution in [0, 0.1) is 0 Å². The van der Waals surface area contributed by atoms with Gasteiger partial charge in [-0.05, 0) is 24.1 Å². The standard InChI is InChI=1S/C19H24N4O.ClH/c1-2-17(15-6-4-3-5-7-15)19(24)22-18-9-8-16(14-21-18)23-12-10-20-11-13-23;/h3-9,14,17,20H,2,10-13H2,1H3,(H,21,22,24);1H. The van der Waals surface area contributed by atoms with Crippen LogP contribution in [0.4, 0.5) is 11.5 Å². The summed E-state index contributed by atoms with van der Waals surface area (Å²) in [6.07, 6.45) is 2.60. The van der Waals surface area contributed by atoms with E-state index < -0.39 is 0 Å². The van der Waals surface area contributed by atoms with Crippen molar-refractivity contribution >= 4 is 29.8 Å². The highest BCUT2D eigenvalue weighted by Gasteiger charge is 2.19. The van der Waals surface area contributed by atoms with E-state index in [1.807, 2.05) is 55.6 Å². The van der Waals surface area contributed by atoms with E-state index in [1.54, 1.807) is 0 Å². The topological polar surface area (TPSA) is 57.3 Å². The molecular formula is C19H25ClN4O. The minimum absolute atomic E-state index is 0. The number of piperazine rings is 1. The van der Waals surface area contributed by atoms with Crippen molar-refractivity contribution in [3.8, 4) is 0 Å². The van der Waals surface area contributed by atoms with Crippen molar-refractivity contribution in [2.24, 2.45) is 0 Å². The van der Waals surface area contributed by atoms with Crippen molar-refractivity contribution in [1.29, 1.82) is 0 Å². The van der Waals surface area contributed by atoms with E-state index in [1.165, 1.54) is 0 Å². The molecule has 25 heavy (non-hydrogen) atoms. The minimum Gasteiger partial charge on any atom is -0.368 e. The van der Waals surface area contributed by atoms with Crippen LogP contribution in [0.2, 0.25) is 0 Å². The summed E-state index contributed by atoms with van der Waals surface area (Å²) in [4.78, 5) is 19.3. The number of hydrogen-bond acceptors (Lipinski definition) is 4. The van der Waals surface area contributed by atoms with E-state index in [0.717, 1.165) is 43.9 Å². The van der Waals surface area contributed by atoms with Gasteiger partial charge in [-0.1, -0.05) is 37.3 Å². The van der Waals surface area contributed by atoms with E-state index in [0.29, 0.717) is 5.82 Å². The first kappa shape index (κ1) is 19.2. The Kier molecular flexibility index (Phi) is 7.22. The molecule has 1 aromatic carbocycles. The van der Waals surface area contributed by atoms with Gasteiger partial charge in [0.15, 0.2) is 0 Å². The predicted molar refractivity (Wildman–Crippen MR) is 105 cm³/mol. The Balaban J connectivity index is 0.00000225. The predicted octanol–water partition coefficient (Wildman–Crippen LogP) is 3.05. The molecule has 0 saturated carbocycles. The molecule has 134 valence electrons. The van der Waals surface area contributed by atoms with Crippen molar-refractivity contribution in [3.63, 3.8) is 0 Å². The summed E-state index contributed by atoms with van der Waals surface area (Å²) in [6, 6.07) is 13.8. The van der Waals surface area contributed by atoms with Crippen LogP contribution < -0.4 is 15.5 Å². The lowest BCUT2D eigenvalue weighted by atomic mass is 9.96. The fourth-order valence-corrected chi connectivity index (χ4v) is 3.04. The van der Waals surface area contributed by atoms with Crippen LogP contribution >= 0.6 is 12.4 Å². The van der Waals surface area contributed by atoms with Gasteiger partial charge in [0.25, 0.3) is 0 Å². The number of halogens is 1. The van der Waals surface area contributed by atoms with E-state index in [9.17, 15) is 4.79 Å². The summed E-state index contributed by atoms with van der Waals surface area (Å²) < 4.78 is 0. The van der Waals surface area contributed by atoms with Crippen LogP contribution in [0.3, 0.4) is 0 Å². The van der Waals surface area contributed by atoms with Gasteiger partial charge in [-0.15, -0.1) is 12.4 Å². The average Bonchev–Trinajstić information content (AvgIpc) is 2.64. The van der Waals surface area contributed by atoms with Gasteiger partial charge in [-0.3, -0.25) is 4.79 Å². The number of carbonyl (C=O) groups is 1. The third-order valence-corrected chi connectivity index (χ3v) is 4.41. The molecule has 2 aromatic rings. The Labute approximate surface area is 155 Å². The molecule has 6 heteroatoms. The van der Waals surface area contributed by atoms with Gasteiger partial charge >= 0.3 is 0 Å². The van der Waals surface area contributed by atoms with E-state index >= 15 is 0 Å². The van der Waals surface area contributed by atoms with Crippen molar-refractivity contribution in [2.45, 2.75) is 19.3 Å². The Morgan fingerprint density at radius 1 is 1.20 bits per heavy atom. The van der Waals surface area contributed by atoms with Gasteiger partial charge in [0.2, 0.25) is 5.91 Å². The quantitative estimate of drug-likeness (QED) is 0.860. The van der Waals surface area contributed by atoms with Gasteiger partial charge in [-0.2, -0.15) is 0 Å². The molecule has 5 nitrogen and oxygen atoms in total. The lowest BCUT2D eigenvalue weighted by Gasteiger charge is -2.29. The summed E-state index contributed by atoms with van der Waals surface area (Å²) in [7, 11) is 0. The largest absolute Gasteiger partial charge is 0.368 e. The molecule has 0 aliphatic carbocycles. The van der Waals surface area contributed by atoms with Gasteiger partial charge in [-0.25, -0.2) is 4.98 Å². The highest BCUT2D eigenvalue weighted by molar-refractivity contribution is 5.95. The van der Waals surface area contributed by atoms with Crippen LogP contribution in [0.15, 0.2) is 48.7 Å². The van der Waals surface area contributed by atoms with Crippen molar-refractivity contribution < 1.29 is 4.79 Å². The summed E-state index contributed by atoms with van der Waals surface area (Å²) in [5, 5.41) is 6.28. The highest BCUT2D eigenvalue weighted by atomic mass is 35.5. The Morgan fingerprint density at radius 3 is 2.52 bits per heavy atom. The number of pyridine rings is 1. The van der Waals surface area contributed by atoms with Crippen LogP contribution in [0.1, 0.15) is 24.8 Å². The first-order valence-corrected chi connectivity index (χ1v) is 8.55. The zero-order valence-electron chi connectivity index (χ0n) is 14.4. The van der Waals surface area contributed by atoms with Crippen molar-refractivity contribution in [3.05, 3.63) is 54.2 Å². The van der Waals surface area contributed by atoms with E-state index in [2.05, 4.69) is 20.5 Å². The Bertz CT molecular complexity index is 657. The lowest BCUT2D eigenvalue weighted by molar-refractivity contribution is -0.117. The second-order valence-corrected chi connectivity index (χ2v) is 6.00. The maximum absolute atomic E-state index is 12.6. The molecule has 1 atom stereocenters. The summed E-state index contributed by atoms with van der Waals surface area (Å²) >= 11 is 0. The number of hydrogen-bond donors (Lipinski definition) is 2. The molecule has 2 heterocycles. The number of rotatable bonds is 5. The maximum atomic E-state index is 12.6. The van der Waals surface area contributed by atoms with E-state index in [4.69, 9.17) is 0 Å². The zero-order chi connectivity index (χ0) is 16.8. The molecule has 0 spiro atoms. The third-order valence-electron chi connectivity index (χ3n) is 4.41. The Morgan fingerprint density at radius 2 is 1.92 bits per heavy atom. The maximum Gasteiger partial charge on any atom is 0.233 e. The number of nitrogens with zero attached hydrogens (tertiary/aromatic N) is 2. The molecule has 1 aliphatic heterocycles. The van der Waals surface area contributed by atoms with Crippen LogP contribution in [-0.2, 0) is 4.79 Å². The van der Waals surface area contributed by atoms with Crippen LogP contribution in [0.25, 0.3) is 0 Å². The number of anilines is 2.